The van der Waals surface area contributed by atoms with E-state index in [4.69, 9.17) is 4.74 Å². The first-order valence-electron chi connectivity index (χ1n) is 9.35. The highest BCUT2D eigenvalue weighted by molar-refractivity contribution is 5.95. The van der Waals surface area contributed by atoms with Crippen LogP contribution in [0.5, 0.6) is 0 Å². The molecular formula is C21H24FN3O3. The highest BCUT2D eigenvalue weighted by Gasteiger charge is 2.16. The molecule has 148 valence electrons. The van der Waals surface area contributed by atoms with Gasteiger partial charge in [0.1, 0.15) is 5.82 Å². The monoisotopic (exact) mass is 385 g/mol. The molecular weight excluding hydrogens is 361 g/mol. The van der Waals surface area contributed by atoms with Crippen molar-refractivity contribution in [2.45, 2.75) is 6.92 Å². The fraction of sp³-hybridized carbons (Fsp3) is 0.333. The van der Waals surface area contributed by atoms with Gasteiger partial charge in [0.15, 0.2) is 6.61 Å². The van der Waals surface area contributed by atoms with Crippen molar-refractivity contribution in [1.29, 1.82) is 0 Å². The summed E-state index contributed by atoms with van der Waals surface area (Å²) >= 11 is 0. The third-order valence-corrected chi connectivity index (χ3v) is 4.76. The van der Waals surface area contributed by atoms with Gasteiger partial charge in [-0.05, 0) is 42.9 Å². The maximum absolute atomic E-state index is 13.5. The van der Waals surface area contributed by atoms with E-state index in [1.54, 1.807) is 0 Å². The number of hydrogen-bond donors (Lipinski definition) is 1. The van der Waals surface area contributed by atoms with Crippen LogP contribution in [0, 0.1) is 5.82 Å². The number of ether oxygens (including phenoxy) is 1. The number of carbonyl (C=O) groups excluding carboxylic acids is 2. The predicted octanol–water partition coefficient (Wildman–Crippen LogP) is 2.76. The van der Waals surface area contributed by atoms with Gasteiger partial charge in [0, 0.05) is 37.6 Å². The third-order valence-electron chi connectivity index (χ3n) is 4.76. The topological polar surface area (TPSA) is 61.9 Å². The number of nitrogens with zero attached hydrogens (tertiary/aromatic N) is 2. The summed E-state index contributed by atoms with van der Waals surface area (Å²) in [5.41, 5.74) is 1.53. The average Bonchev–Trinajstić information content (AvgIpc) is 2.73. The van der Waals surface area contributed by atoms with Crippen molar-refractivity contribution >= 4 is 23.3 Å². The van der Waals surface area contributed by atoms with Gasteiger partial charge in [0.2, 0.25) is 0 Å². The Kier molecular flexibility index (Phi) is 6.60. The molecule has 2 aromatic rings. The summed E-state index contributed by atoms with van der Waals surface area (Å²) in [6.07, 6.45) is 0. The molecule has 1 saturated heterocycles. The number of hydrogen-bond acceptors (Lipinski definition) is 5. The van der Waals surface area contributed by atoms with Crippen molar-refractivity contribution < 1.29 is 18.7 Å². The summed E-state index contributed by atoms with van der Waals surface area (Å²) in [5.74, 6) is -2.02. The van der Waals surface area contributed by atoms with Crippen LogP contribution in [0.4, 0.5) is 15.8 Å². The summed E-state index contributed by atoms with van der Waals surface area (Å²) in [4.78, 5) is 28.6. The first-order valence-corrected chi connectivity index (χ1v) is 9.35. The quantitative estimate of drug-likeness (QED) is 0.775. The molecule has 1 N–H and O–H groups in total. The molecule has 0 radical (unpaired) electrons. The van der Waals surface area contributed by atoms with Crippen LogP contribution in [0.1, 0.15) is 17.3 Å². The van der Waals surface area contributed by atoms with Gasteiger partial charge in [0.25, 0.3) is 5.91 Å². The Balaban J connectivity index is 1.48. The van der Waals surface area contributed by atoms with Crippen LogP contribution < -0.4 is 10.2 Å². The van der Waals surface area contributed by atoms with Crippen molar-refractivity contribution in [2.24, 2.45) is 0 Å². The van der Waals surface area contributed by atoms with E-state index >= 15 is 0 Å². The minimum Gasteiger partial charge on any atom is -0.452 e. The summed E-state index contributed by atoms with van der Waals surface area (Å²) in [6, 6.07) is 13.0. The largest absolute Gasteiger partial charge is 0.452 e. The van der Waals surface area contributed by atoms with Gasteiger partial charge in [-0.25, -0.2) is 9.18 Å². The van der Waals surface area contributed by atoms with Crippen molar-refractivity contribution in [3.05, 3.63) is 59.9 Å². The molecule has 6 nitrogen and oxygen atoms in total. The zero-order valence-electron chi connectivity index (χ0n) is 15.9. The molecule has 1 amide bonds. The summed E-state index contributed by atoms with van der Waals surface area (Å²) in [6.45, 7) is 6.80. The number of piperazine rings is 1. The van der Waals surface area contributed by atoms with Gasteiger partial charge in [-0.1, -0.05) is 19.1 Å². The Hall–Kier alpha value is -2.93. The maximum atomic E-state index is 13.5. The van der Waals surface area contributed by atoms with Gasteiger partial charge in [-0.3, -0.25) is 4.79 Å². The number of anilines is 2. The van der Waals surface area contributed by atoms with E-state index in [9.17, 15) is 14.0 Å². The molecule has 1 fully saturated rings. The Bertz CT molecular complexity index is 818. The molecule has 1 heterocycles. The van der Waals surface area contributed by atoms with Crippen molar-refractivity contribution in [3.8, 4) is 0 Å². The summed E-state index contributed by atoms with van der Waals surface area (Å²) < 4.78 is 18.4. The van der Waals surface area contributed by atoms with Crippen LogP contribution in [0.25, 0.3) is 0 Å². The lowest BCUT2D eigenvalue weighted by Gasteiger charge is -2.35. The minimum atomic E-state index is -0.866. The molecule has 0 bridgehead atoms. The molecule has 2 aromatic carbocycles. The second kappa shape index (κ2) is 9.32. The predicted molar refractivity (Wildman–Crippen MR) is 106 cm³/mol. The molecule has 0 saturated carbocycles. The number of halogens is 1. The van der Waals surface area contributed by atoms with E-state index in [-0.39, 0.29) is 5.56 Å². The van der Waals surface area contributed by atoms with Crippen molar-refractivity contribution in [3.63, 3.8) is 0 Å². The van der Waals surface area contributed by atoms with E-state index in [2.05, 4.69) is 22.0 Å². The summed E-state index contributed by atoms with van der Waals surface area (Å²) in [7, 11) is 0. The van der Waals surface area contributed by atoms with Gasteiger partial charge in [-0.2, -0.15) is 0 Å². The summed E-state index contributed by atoms with van der Waals surface area (Å²) in [5, 5.41) is 2.67. The van der Waals surface area contributed by atoms with Crippen molar-refractivity contribution in [2.75, 3.05) is 49.5 Å². The fourth-order valence-corrected chi connectivity index (χ4v) is 3.11. The first kappa shape index (κ1) is 19.8. The van der Waals surface area contributed by atoms with Gasteiger partial charge < -0.3 is 19.9 Å². The van der Waals surface area contributed by atoms with E-state index in [1.165, 1.54) is 24.3 Å². The number of carbonyl (C=O) groups is 2. The fourth-order valence-electron chi connectivity index (χ4n) is 3.11. The molecule has 1 aliphatic rings. The van der Waals surface area contributed by atoms with Crippen LogP contribution in [-0.4, -0.2) is 56.1 Å². The number of benzene rings is 2. The van der Waals surface area contributed by atoms with Crippen LogP contribution in [0.15, 0.2) is 48.5 Å². The molecule has 1 aliphatic heterocycles. The Labute approximate surface area is 163 Å². The van der Waals surface area contributed by atoms with E-state index in [0.29, 0.717) is 5.69 Å². The first-order chi connectivity index (χ1) is 13.6. The van der Waals surface area contributed by atoms with E-state index in [1.807, 2.05) is 24.3 Å². The number of amides is 1. The minimum absolute atomic E-state index is 0.192. The molecule has 0 atom stereocenters. The lowest BCUT2D eigenvalue weighted by Crippen LogP contribution is -2.46. The van der Waals surface area contributed by atoms with Gasteiger partial charge in [0.05, 0.1) is 5.56 Å². The lowest BCUT2D eigenvalue weighted by atomic mass is 10.2. The molecule has 3 rings (SSSR count). The normalized spacial score (nSPS) is 14.6. The molecule has 0 aliphatic carbocycles. The molecule has 0 unspecified atom stereocenters. The maximum Gasteiger partial charge on any atom is 0.341 e. The zero-order chi connectivity index (χ0) is 19.9. The number of esters is 1. The van der Waals surface area contributed by atoms with Gasteiger partial charge >= 0.3 is 5.97 Å². The molecule has 0 spiro atoms. The second-order valence-corrected chi connectivity index (χ2v) is 6.57. The SMILES string of the molecule is CCN1CCN(c2ccc(NC(=O)COC(=O)c3ccccc3F)cc2)CC1. The second-order valence-electron chi connectivity index (χ2n) is 6.57. The number of likely N-dealkylation sites (N-methyl/N-ethyl adjacent to an activating group) is 1. The highest BCUT2D eigenvalue weighted by atomic mass is 19.1. The molecule has 28 heavy (non-hydrogen) atoms. The van der Waals surface area contributed by atoms with Crippen molar-refractivity contribution in [1.82, 2.24) is 4.90 Å². The zero-order valence-corrected chi connectivity index (χ0v) is 15.9. The highest BCUT2D eigenvalue weighted by Crippen LogP contribution is 2.19. The van der Waals surface area contributed by atoms with Crippen LogP contribution >= 0.6 is 0 Å². The van der Waals surface area contributed by atoms with Crippen LogP contribution in [0.2, 0.25) is 0 Å². The Morgan fingerprint density at radius 3 is 2.36 bits per heavy atom. The Morgan fingerprint density at radius 2 is 1.71 bits per heavy atom. The molecule has 7 heteroatoms. The Morgan fingerprint density at radius 1 is 1.04 bits per heavy atom. The number of rotatable bonds is 6. The average molecular weight is 385 g/mol. The van der Waals surface area contributed by atoms with Crippen LogP contribution in [0.3, 0.4) is 0 Å². The smallest absolute Gasteiger partial charge is 0.341 e. The number of nitrogens with one attached hydrogen (secondary N) is 1. The van der Waals surface area contributed by atoms with E-state index < -0.39 is 24.3 Å². The standard InChI is InChI=1S/C21H24FN3O3/c1-2-24-11-13-25(14-12-24)17-9-7-16(8-10-17)23-20(26)15-28-21(27)18-5-3-4-6-19(18)22/h3-10H,2,11-15H2,1H3,(H,23,26). The van der Waals surface area contributed by atoms with Gasteiger partial charge in [-0.15, -0.1) is 0 Å². The van der Waals surface area contributed by atoms with Crippen LogP contribution in [-0.2, 0) is 9.53 Å². The lowest BCUT2D eigenvalue weighted by molar-refractivity contribution is -0.119. The molecule has 0 aromatic heterocycles. The third kappa shape index (κ3) is 5.07. The van der Waals surface area contributed by atoms with E-state index in [0.717, 1.165) is 38.4 Å².